The van der Waals surface area contributed by atoms with Gasteiger partial charge >= 0.3 is 0 Å². The van der Waals surface area contributed by atoms with E-state index in [4.69, 9.17) is 10.8 Å². The van der Waals surface area contributed by atoms with Crippen LogP contribution in [0.2, 0.25) is 0 Å². The SMILES string of the molecule is CN1CCN([C@H]2CC[C@@H](n3nc(-c4ccc(NCC(O)c5ccccc5)cc4)c4c(N)ncnc43)CC2)CC1. The summed E-state index contributed by atoms with van der Waals surface area (Å²) in [5, 5.41) is 19.7. The Morgan fingerprint density at radius 2 is 1.62 bits per heavy atom. The van der Waals surface area contributed by atoms with Gasteiger partial charge in [0.15, 0.2) is 5.65 Å². The van der Waals surface area contributed by atoms with E-state index >= 15 is 0 Å². The summed E-state index contributed by atoms with van der Waals surface area (Å²) in [6, 6.07) is 18.8. The zero-order chi connectivity index (χ0) is 26.8. The molecule has 1 atom stereocenters. The highest BCUT2D eigenvalue weighted by molar-refractivity contribution is 5.98. The molecule has 2 aliphatic rings. The van der Waals surface area contributed by atoms with Crippen LogP contribution in [-0.4, -0.2) is 80.5 Å². The summed E-state index contributed by atoms with van der Waals surface area (Å²) < 4.78 is 2.10. The largest absolute Gasteiger partial charge is 0.387 e. The van der Waals surface area contributed by atoms with Crippen molar-refractivity contribution >= 4 is 22.5 Å². The minimum atomic E-state index is -0.575. The Labute approximate surface area is 229 Å². The summed E-state index contributed by atoms with van der Waals surface area (Å²) in [6.07, 6.45) is 5.50. The second-order valence-corrected chi connectivity index (χ2v) is 10.9. The van der Waals surface area contributed by atoms with Crippen LogP contribution in [-0.2, 0) is 0 Å². The van der Waals surface area contributed by atoms with E-state index in [1.165, 1.54) is 25.9 Å². The molecule has 9 nitrogen and oxygen atoms in total. The molecular formula is C30H38N8O. The van der Waals surface area contributed by atoms with Gasteiger partial charge in [-0.1, -0.05) is 42.5 Å². The van der Waals surface area contributed by atoms with E-state index in [1.54, 1.807) is 6.33 Å². The number of likely N-dealkylation sites (N-methyl/N-ethyl adjacent to an activating group) is 1. The van der Waals surface area contributed by atoms with Crippen LogP contribution in [0.15, 0.2) is 60.9 Å². The van der Waals surface area contributed by atoms with Crippen molar-refractivity contribution in [3.63, 3.8) is 0 Å². The number of anilines is 2. The molecule has 39 heavy (non-hydrogen) atoms. The maximum absolute atomic E-state index is 10.5. The van der Waals surface area contributed by atoms with Gasteiger partial charge in [-0.25, -0.2) is 14.6 Å². The number of fused-ring (bicyclic) bond motifs is 1. The van der Waals surface area contributed by atoms with E-state index in [0.717, 1.165) is 59.5 Å². The molecule has 2 aromatic heterocycles. The monoisotopic (exact) mass is 526 g/mol. The highest BCUT2D eigenvalue weighted by Crippen LogP contribution is 2.37. The van der Waals surface area contributed by atoms with Crippen molar-refractivity contribution in [2.75, 3.05) is 50.8 Å². The van der Waals surface area contributed by atoms with Crippen LogP contribution in [0.4, 0.5) is 11.5 Å². The molecule has 3 heterocycles. The van der Waals surface area contributed by atoms with E-state index in [2.05, 4.69) is 36.8 Å². The van der Waals surface area contributed by atoms with Crippen LogP contribution in [0.25, 0.3) is 22.3 Å². The fraction of sp³-hybridized carbons (Fsp3) is 0.433. The number of piperazine rings is 1. The Balaban J connectivity index is 1.18. The van der Waals surface area contributed by atoms with Crippen LogP contribution in [0.5, 0.6) is 0 Å². The average molecular weight is 527 g/mol. The first-order valence-corrected chi connectivity index (χ1v) is 14.1. The van der Waals surface area contributed by atoms with E-state index in [0.29, 0.717) is 24.4 Å². The number of hydrogen-bond donors (Lipinski definition) is 3. The number of aliphatic hydroxyl groups is 1. The molecule has 1 saturated carbocycles. The zero-order valence-electron chi connectivity index (χ0n) is 22.6. The van der Waals surface area contributed by atoms with Crippen LogP contribution < -0.4 is 11.1 Å². The third-order valence-electron chi connectivity index (χ3n) is 8.43. The Morgan fingerprint density at radius 3 is 2.33 bits per heavy atom. The Hall–Kier alpha value is -3.53. The Kier molecular flexibility index (Phi) is 7.45. The van der Waals surface area contributed by atoms with Gasteiger partial charge in [-0.3, -0.25) is 4.90 Å². The average Bonchev–Trinajstić information content (AvgIpc) is 3.38. The minimum absolute atomic E-state index is 0.305. The first-order valence-electron chi connectivity index (χ1n) is 14.1. The van der Waals surface area contributed by atoms with Crippen molar-refractivity contribution in [1.29, 1.82) is 0 Å². The first kappa shape index (κ1) is 25.7. The number of nitrogen functional groups attached to an aromatic ring is 1. The number of nitrogens with two attached hydrogens (primary N) is 1. The molecule has 1 aliphatic carbocycles. The van der Waals surface area contributed by atoms with Gasteiger partial charge in [-0.05, 0) is 50.4 Å². The number of nitrogens with zero attached hydrogens (tertiary/aromatic N) is 6. The van der Waals surface area contributed by atoms with Crippen molar-refractivity contribution in [2.45, 2.75) is 43.9 Å². The van der Waals surface area contributed by atoms with Crippen LogP contribution in [0.3, 0.4) is 0 Å². The van der Waals surface area contributed by atoms with Gasteiger partial charge in [0.25, 0.3) is 0 Å². The second kappa shape index (κ2) is 11.3. The van der Waals surface area contributed by atoms with E-state index in [1.807, 2.05) is 54.6 Å². The molecule has 0 radical (unpaired) electrons. The third kappa shape index (κ3) is 5.48. The highest BCUT2D eigenvalue weighted by Gasteiger charge is 2.30. The lowest BCUT2D eigenvalue weighted by Gasteiger charge is -2.41. The van der Waals surface area contributed by atoms with Gasteiger partial charge in [0.05, 0.1) is 17.5 Å². The summed E-state index contributed by atoms with van der Waals surface area (Å²) in [7, 11) is 2.21. The first-order chi connectivity index (χ1) is 19.1. The number of benzene rings is 2. The summed E-state index contributed by atoms with van der Waals surface area (Å²) >= 11 is 0. The van der Waals surface area contributed by atoms with Crippen LogP contribution in [0, 0.1) is 0 Å². The Morgan fingerprint density at radius 1 is 0.923 bits per heavy atom. The predicted molar refractivity (Wildman–Crippen MR) is 155 cm³/mol. The van der Waals surface area contributed by atoms with Gasteiger partial charge in [0, 0.05) is 50.0 Å². The lowest BCUT2D eigenvalue weighted by Crippen LogP contribution is -2.49. The number of aromatic nitrogens is 4. The summed E-state index contributed by atoms with van der Waals surface area (Å²) in [5.74, 6) is 0.459. The smallest absolute Gasteiger partial charge is 0.164 e. The van der Waals surface area contributed by atoms with Gasteiger partial charge in [-0.2, -0.15) is 5.10 Å². The van der Waals surface area contributed by atoms with Crippen molar-refractivity contribution < 1.29 is 5.11 Å². The van der Waals surface area contributed by atoms with Gasteiger partial charge in [-0.15, -0.1) is 0 Å². The quantitative estimate of drug-likeness (QED) is 0.332. The molecule has 4 aromatic rings. The Bertz CT molecular complexity index is 1370. The maximum Gasteiger partial charge on any atom is 0.164 e. The van der Waals surface area contributed by atoms with Gasteiger partial charge in [0.2, 0.25) is 0 Å². The molecule has 2 fully saturated rings. The van der Waals surface area contributed by atoms with Crippen molar-refractivity contribution in [2.24, 2.45) is 0 Å². The molecule has 0 amide bonds. The molecule has 0 spiro atoms. The molecule has 6 rings (SSSR count). The fourth-order valence-corrected chi connectivity index (χ4v) is 6.06. The molecule has 1 saturated heterocycles. The lowest BCUT2D eigenvalue weighted by molar-refractivity contribution is 0.0815. The third-order valence-corrected chi connectivity index (χ3v) is 8.43. The van der Waals surface area contributed by atoms with Crippen molar-refractivity contribution in [1.82, 2.24) is 29.5 Å². The fourth-order valence-electron chi connectivity index (χ4n) is 6.06. The molecule has 1 aliphatic heterocycles. The summed E-state index contributed by atoms with van der Waals surface area (Å²) in [6.45, 7) is 5.08. The standard InChI is InChI=1S/C30H38N8O/c1-36-15-17-37(18-16-36)24-11-13-25(14-12-24)38-30-27(29(31)33-20-34-30)28(35-38)22-7-9-23(10-8-22)32-19-26(39)21-5-3-2-4-6-21/h2-10,20,24-26,32,39H,11-19H2,1H3,(H2,31,33,34)/t24-,25+,26?. The van der Waals surface area contributed by atoms with Gasteiger partial charge < -0.3 is 21.1 Å². The van der Waals surface area contributed by atoms with Crippen LogP contribution >= 0.6 is 0 Å². The van der Waals surface area contributed by atoms with Crippen LogP contribution in [0.1, 0.15) is 43.4 Å². The molecule has 204 valence electrons. The lowest BCUT2D eigenvalue weighted by atomic mass is 9.90. The number of rotatable bonds is 7. The highest BCUT2D eigenvalue weighted by atomic mass is 16.3. The molecule has 0 bridgehead atoms. The van der Waals surface area contributed by atoms with Crippen molar-refractivity contribution in [3.05, 3.63) is 66.5 Å². The van der Waals surface area contributed by atoms with E-state index in [9.17, 15) is 5.11 Å². The summed E-state index contributed by atoms with van der Waals surface area (Å²) in [5.41, 5.74) is 10.8. The van der Waals surface area contributed by atoms with Gasteiger partial charge in [0.1, 0.15) is 17.8 Å². The second-order valence-electron chi connectivity index (χ2n) is 10.9. The zero-order valence-corrected chi connectivity index (χ0v) is 22.6. The summed E-state index contributed by atoms with van der Waals surface area (Å²) in [4.78, 5) is 14.0. The number of hydrogen-bond acceptors (Lipinski definition) is 8. The molecule has 2 aromatic carbocycles. The number of nitrogens with one attached hydrogen (secondary N) is 1. The molecule has 4 N–H and O–H groups in total. The van der Waals surface area contributed by atoms with Crippen molar-refractivity contribution in [3.8, 4) is 11.3 Å². The van der Waals surface area contributed by atoms with E-state index < -0.39 is 6.10 Å². The normalized spacial score (nSPS) is 21.7. The molecule has 9 heteroatoms. The minimum Gasteiger partial charge on any atom is -0.387 e. The number of aliphatic hydroxyl groups excluding tert-OH is 1. The molecular weight excluding hydrogens is 488 g/mol. The topological polar surface area (TPSA) is 108 Å². The molecule has 1 unspecified atom stereocenters. The van der Waals surface area contributed by atoms with E-state index in [-0.39, 0.29) is 0 Å². The maximum atomic E-state index is 10.5. The predicted octanol–water partition coefficient (Wildman–Crippen LogP) is 3.95.